The Hall–Kier alpha value is -2.41. The van der Waals surface area contributed by atoms with Gasteiger partial charge in [0.1, 0.15) is 5.82 Å². The number of anilines is 1. The number of carbonyl (C=O) groups excluding carboxylic acids is 1. The molecule has 5 nitrogen and oxygen atoms in total. The minimum atomic E-state index is -3.79. The Bertz CT molecular complexity index is 903. The van der Waals surface area contributed by atoms with Gasteiger partial charge in [0.25, 0.3) is 10.0 Å². The van der Waals surface area contributed by atoms with E-state index in [0.717, 1.165) is 30.5 Å². The second-order valence-electron chi connectivity index (χ2n) is 6.85. The van der Waals surface area contributed by atoms with Gasteiger partial charge in [-0.25, -0.2) is 12.8 Å². The maximum absolute atomic E-state index is 13.0. The van der Waals surface area contributed by atoms with Crippen LogP contribution in [0.5, 0.6) is 0 Å². The summed E-state index contributed by atoms with van der Waals surface area (Å²) in [5, 5.41) is 2.94. The number of hydrogen-bond donors (Lipinski definition) is 2. The maximum atomic E-state index is 13.0. The Morgan fingerprint density at radius 2 is 1.62 bits per heavy atom. The van der Waals surface area contributed by atoms with Crippen LogP contribution in [0.3, 0.4) is 0 Å². The third-order valence-electron chi connectivity index (χ3n) is 4.42. The van der Waals surface area contributed by atoms with Crippen molar-refractivity contribution in [3.63, 3.8) is 0 Å². The minimum absolute atomic E-state index is 0.00661. The summed E-state index contributed by atoms with van der Waals surface area (Å²) < 4.78 is 40.1. The van der Waals surface area contributed by atoms with Gasteiger partial charge in [-0.1, -0.05) is 12.1 Å². The molecule has 3 rings (SSSR count). The van der Waals surface area contributed by atoms with Crippen LogP contribution in [0.15, 0.2) is 53.4 Å². The average Bonchev–Trinajstić information content (AvgIpc) is 3.37. The van der Waals surface area contributed by atoms with Crippen molar-refractivity contribution in [3.8, 4) is 0 Å². The summed E-state index contributed by atoms with van der Waals surface area (Å²) in [6.07, 6.45) is 1.57. The van der Waals surface area contributed by atoms with Gasteiger partial charge < -0.3 is 5.32 Å². The highest BCUT2D eigenvalue weighted by molar-refractivity contribution is 7.92. The molecule has 0 radical (unpaired) electrons. The molecule has 0 aliphatic heterocycles. The van der Waals surface area contributed by atoms with Crippen molar-refractivity contribution >= 4 is 21.6 Å². The van der Waals surface area contributed by atoms with Crippen molar-refractivity contribution in [1.82, 2.24) is 5.32 Å². The lowest BCUT2D eigenvalue weighted by atomic mass is 9.94. The van der Waals surface area contributed by atoms with Crippen molar-refractivity contribution in [2.75, 3.05) is 4.72 Å². The molecule has 0 saturated heterocycles. The third kappa shape index (κ3) is 3.72. The second kappa shape index (κ2) is 6.72. The van der Waals surface area contributed by atoms with Gasteiger partial charge in [-0.15, -0.1) is 0 Å². The van der Waals surface area contributed by atoms with Gasteiger partial charge in [-0.05, 0) is 68.7 Å². The van der Waals surface area contributed by atoms with Crippen LogP contribution in [-0.2, 0) is 20.2 Å². The number of rotatable bonds is 6. The van der Waals surface area contributed by atoms with Crippen LogP contribution in [-0.4, -0.2) is 20.4 Å². The highest BCUT2D eigenvalue weighted by atomic mass is 32.2. The largest absolute Gasteiger partial charge is 0.353 e. The van der Waals surface area contributed by atoms with E-state index in [-0.39, 0.29) is 16.8 Å². The van der Waals surface area contributed by atoms with E-state index >= 15 is 0 Å². The monoisotopic (exact) mass is 376 g/mol. The van der Waals surface area contributed by atoms with E-state index in [9.17, 15) is 17.6 Å². The average molecular weight is 376 g/mol. The number of sulfonamides is 1. The van der Waals surface area contributed by atoms with Gasteiger partial charge in [0.2, 0.25) is 5.91 Å². The molecular formula is C19H21FN2O3S. The first kappa shape index (κ1) is 18.4. The van der Waals surface area contributed by atoms with Gasteiger partial charge in [-0.2, -0.15) is 0 Å². The molecule has 0 aromatic heterocycles. The smallest absolute Gasteiger partial charge is 0.261 e. The molecule has 0 bridgehead atoms. The van der Waals surface area contributed by atoms with Crippen molar-refractivity contribution in [1.29, 1.82) is 0 Å². The Morgan fingerprint density at radius 3 is 2.12 bits per heavy atom. The van der Waals surface area contributed by atoms with Crippen molar-refractivity contribution in [2.24, 2.45) is 0 Å². The predicted molar refractivity (Wildman–Crippen MR) is 97.8 cm³/mol. The number of amides is 1. The second-order valence-corrected chi connectivity index (χ2v) is 8.53. The van der Waals surface area contributed by atoms with Crippen molar-refractivity contribution < 1.29 is 17.6 Å². The number of halogens is 1. The standard InChI is InChI=1S/C19H21FN2O3S/c1-13(2)21-18(23)19(11-12-19)14-3-7-16(8-4-14)22-26(24,25)17-9-5-15(20)6-10-17/h3-10,13,22H,11-12H2,1-2H3,(H,21,23). The first-order valence-corrected chi connectivity index (χ1v) is 9.91. The summed E-state index contributed by atoms with van der Waals surface area (Å²) in [5.41, 5.74) is 0.761. The quantitative estimate of drug-likeness (QED) is 0.813. The molecule has 0 spiro atoms. The molecule has 138 valence electrons. The summed E-state index contributed by atoms with van der Waals surface area (Å²) in [6.45, 7) is 3.84. The van der Waals surface area contributed by atoms with Crippen LogP contribution in [0.25, 0.3) is 0 Å². The Labute approximate surface area is 152 Å². The molecule has 26 heavy (non-hydrogen) atoms. The predicted octanol–water partition coefficient (Wildman–Crippen LogP) is 3.18. The van der Waals surface area contributed by atoms with Gasteiger partial charge in [0.05, 0.1) is 10.3 Å². The minimum Gasteiger partial charge on any atom is -0.353 e. The van der Waals surface area contributed by atoms with Crippen LogP contribution in [0.2, 0.25) is 0 Å². The summed E-state index contributed by atoms with van der Waals surface area (Å²) in [6, 6.07) is 11.5. The fourth-order valence-corrected chi connectivity index (χ4v) is 3.92. The lowest BCUT2D eigenvalue weighted by Gasteiger charge is -2.18. The Kier molecular flexibility index (Phi) is 4.75. The van der Waals surface area contributed by atoms with Crippen LogP contribution in [0, 0.1) is 5.82 Å². The Balaban J connectivity index is 1.76. The number of benzene rings is 2. The molecule has 7 heteroatoms. The van der Waals surface area contributed by atoms with Gasteiger partial charge in [0, 0.05) is 11.7 Å². The lowest BCUT2D eigenvalue weighted by Crippen LogP contribution is -2.38. The van der Waals surface area contributed by atoms with E-state index in [0.29, 0.717) is 5.69 Å². The van der Waals surface area contributed by atoms with E-state index in [2.05, 4.69) is 10.0 Å². The lowest BCUT2D eigenvalue weighted by molar-refractivity contribution is -0.124. The molecular weight excluding hydrogens is 355 g/mol. The summed E-state index contributed by atoms with van der Waals surface area (Å²) in [5.74, 6) is -0.491. The molecule has 0 atom stereocenters. The molecule has 2 aromatic carbocycles. The van der Waals surface area contributed by atoms with Crippen LogP contribution < -0.4 is 10.0 Å². The summed E-state index contributed by atoms with van der Waals surface area (Å²) >= 11 is 0. The first-order chi connectivity index (χ1) is 12.2. The molecule has 1 aliphatic rings. The topological polar surface area (TPSA) is 75.3 Å². The van der Waals surface area contributed by atoms with Gasteiger partial charge in [0.15, 0.2) is 0 Å². The van der Waals surface area contributed by atoms with Crippen LogP contribution in [0.1, 0.15) is 32.3 Å². The zero-order valence-electron chi connectivity index (χ0n) is 14.6. The number of nitrogens with one attached hydrogen (secondary N) is 2. The summed E-state index contributed by atoms with van der Waals surface area (Å²) in [7, 11) is -3.79. The zero-order valence-corrected chi connectivity index (χ0v) is 15.4. The highest BCUT2D eigenvalue weighted by Gasteiger charge is 2.51. The van der Waals surface area contributed by atoms with Gasteiger partial charge in [-0.3, -0.25) is 9.52 Å². The zero-order chi connectivity index (χ0) is 18.9. The number of carbonyl (C=O) groups is 1. The highest BCUT2D eigenvalue weighted by Crippen LogP contribution is 2.48. The van der Waals surface area contributed by atoms with E-state index in [1.807, 2.05) is 13.8 Å². The third-order valence-corrected chi connectivity index (χ3v) is 5.82. The number of hydrogen-bond acceptors (Lipinski definition) is 3. The van der Waals surface area contributed by atoms with Crippen molar-refractivity contribution in [3.05, 3.63) is 59.9 Å². The molecule has 2 N–H and O–H groups in total. The first-order valence-electron chi connectivity index (χ1n) is 8.43. The molecule has 1 fully saturated rings. The van der Waals surface area contributed by atoms with Crippen molar-refractivity contribution in [2.45, 2.75) is 43.0 Å². The maximum Gasteiger partial charge on any atom is 0.261 e. The van der Waals surface area contributed by atoms with Crippen LogP contribution >= 0.6 is 0 Å². The van der Waals surface area contributed by atoms with Crippen LogP contribution in [0.4, 0.5) is 10.1 Å². The molecule has 0 heterocycles. The van der Waals surface area contributed by atoms with E-state index in [1.165, 1.54) is 12.1 Å². The van der Waals surface area contributed by atoms with E-state index in [1.54, 1.807) is 24.3 Å². The fourth-order valence-electron chi connectivity index (χ4n) is 2.86. The SMILES string of the molecule is CC(C)NC(=O)C1(c2ccc(NS(=O)(=O)c3ccc(F)cc3)cc2)CC1. The normalized spacial score (nSPS) is 15.5. The molecule has 0 unspecified atom stereocenters. The Morgan fingerprint density at radius 1 is 1.04 bits per heavy atom. The summed E-state index contributed by atoms with van der Waals surface area (Å²) in [4.78, 5) is 12.4. The fraction of sp³-hybridized carbons (Fsp3) is 0.316. The molecule has 1 saturated carbocycles. The molecule has 1 amide bonds. The molecule has 1 aliphatic carbocycles. The molecule has 2 aromatic rings. The van der Waals surface area contributed by atoms with E-state index in [4.69, 9.17) is 0 Å². The van der Waals surface area contributed by atoms with E-state index < -0.39 is 21.3 Å². The van der Waals surface area contributed by atoms with Gasteiger partial charge >= 0.3 is 0 Å².